The molecule has 0 radical (unpaired) electrons. The summed E-state index contributed by atoms with van der Waals surface area (Å²) in [5.74, 6) is 6.62. The summed E-state index contributed by atoms with van der Waals surface area (Å²) in [6.07, 6.45) is 17.7. The van der Waals surface area contributed by atoms with E-state index >= 15 is 0 Å². The van der Waals surface area contributed by atoms with Crippen molar-refractivity contribution in [2.45, 2.75) is 118 Å². The SMILES string of the molecule is CC(C1CCC(OCC2CS2)CC1)(C1CCC(OCC2CS2)CC1)C1CCC(OCC2CS2)CC1. The van der Waals surface area contributed by atoms with Crippen LogP contribution in [-0.4, -0.2) is 71.1 Å². The minimum absolute atomic E-state index is 0.492. The molecule has 3 saturated carbocycles. The molecular formula is C29H48O3S3. The van der Waals surface area contributed by atoms with E-state index in [1.165, 1.54) is 94.3 Å². The number of thioether (sulfide) groups is 3. The van der Waals surface area contributed by atoms with Crippen molar-refractivity contribution in [2.75, 3.05) is 37.1 Å². The first-order valence-corrected chi connectivity index (χ1v) is 18.0. The van der Waals surface area contributed by atoms with Gasteiger partial charge in [0.05, 0.1) is 38.1 Å². The second-order valence-corrected chi connectivity index (χ2v) is 16.7. The Hall–Kier alpha value is 0.930. The highest BCUT2D eigenvalue weighted by molar-refractivity contribution is 8.07. The zero-order valence-corrected chi connectivity index (χ0v) is 24.3. The monoisotopic (exact) mass is 540 g/mol. The van der Waals surface area contributed by atoms with Crippen LogP contribution in [0.15, 0.2) is 0 Å². The lowest BCUT2D eigenvalue weighted by molar-refractivity contribution is -0.0855. The Bertz CT molecular complexity index is 568. The topological polar surface area (TPSA) is 27.7 Å². The molecule has 0 aromatic heterocycles. The van der Waals surface area contributed by atoms with Crippen LogP contribution in [0.3, 0.4) is 0 Å². The second-order valence-electron chi connectivity index (χ2n) is 12.7. The predicted molar refractivity (Wildman–Crippen MR) is 152 cm³/mol. The molecule has 0 aromatic carbocycles. The van der Waals surface area contributed by atoms with Crippen molar-refractivity contribution in [3.8, 4) is 0 Å². The maximum Gasteiger partial charge on any atom is 0.0596 e. The van der Waals surface area contributed by atoms with Crippen molar-refractivity contribution in [1.82, 2.24) is 0 Å². The van der Waals surface area contributed by atoms with E-state index < -0.39 is 0 Å². The van der Waals surface area contributed by atoms with Gasteiger partial charge in [0.2, 0.25) is 0 Å². The predicted octanol–water partition coefficient (Wildman–Crippen LogP) is 7.07. The first-order valence-electron chi connectivity index (χ1n) is 14.9. The van der Waals surface area contributed by atoms with E-state index in [9.17, 15) is 0 Å². The lowest BCUT2D eigenvalue weighted by atomic mass is 9.52. The Balaban J connectivity index is 1.06. The average molecular weight is 541 g/mol. The fourth-order valence-electron chi connectivity index (χ4n) is 7.78. The smallest absolute Gasteiger partial charge is 0.0596 e. The second kappa shape index (κ2) is 12.0. The van der Waals surface area contributed by atoms with Crippen LogP contribution < -0.4 is 0 Å². The number of ether oxygens (including phenoxy) is 3. The molecule has 0 N–H and O–H groups in total. The van der Waals surface area contributed by atoms with Crippen LogP contribution in [0.4, 0.5) is 0 Å². The highest BCUT2D eigenvalue weighted by Crippen LogP contribution is 2.57. The van der Waals surface area contributed by atoms with E-state index in [-0.39, 0.29) is 0 Å². The third kappa shape index (κ3) is 7.12. The molecular weight excluding hydrogens is 493 g/mol. The van der Waals surface area contributed by atoms with E-state index in [1.807, 2.05) is 0 Å². The molecule has 0 spiro atoms. The Morgan fingerprint density at radius 1 is 0.486 bits per heavy atom. The van der Waals surface area contributed by atoms with Crippen LogP contribution in [0.2, 0.25) is 0 Å². The molecule has 6 aliphatic rings. The minimum Gasteiger partial charge on any atom is -0.377 e. The van der Waals surface area contributed by atoms with Crippen LogP contribution in [0.25, 0.3) is 0 Å². The Morgan fingerprint density at radius 3 is 0.971 bits per heavy atom. The highest BCUT2D eigenvalue weighted by atomic mass is 32.2. The fourth-order valence-corrected chi connectivity index (χ4v) is 9.00. The zero-order valence-electron chi connectivity index (χ0n) is 21.9. The minimum atomic E-state index is 0.492. The lowest BCUT2D eigenvalue weighted by Gasteiger charge is -2.54. The number of hydrogen-bond donors (Lipinski definition) is 0. The van der Waals surface area contributed by atoms with Gasteiger partial charge in [-0.05, 0) is 100 Å². The molecule has 3 unspecified atom stereocenters. The summed E-state index contributed by atoms with van der Waals surface area (Å²) >= 11 is 6.21. The van der Waals surface area contributed by atoms with Crippen LogP contribution >= 0.6 is 35.3 Å². The van der Waals surface area contributed by atoms with E-state index in [1.54, 1.807) is 0 Å². The molecule has 0 amide bonds. The highest BCUT2D eigenvalue weighted by Gasteiger charge is 2.49. The van der Waals surface area contributed by atoms with Gasteiger partial charge in [-0.15, -0.1) is 0 Å². The third-order valence-electron chi connectivity index (χ3n) is 10.4. The van der Waals surface area contributed by atoms with Crippen LogP contribution in [0.5, 0.6) is 0 Å². The molecule has 35 heavy (non-hydrogen) atoms. The van der Waals surface area contributed by atoms with Crippen molar-refractivity contribution in [1.29, 1.82) is 0 Å². The van der Waals surface area contributed by atoms with Gasteiger partial charge in [0.15, 0.2) is 0 Å². The van der Waals surface area contributed by atoms with Gasteiger partial charge in [0.25, 0.3) is 0 Å². The van der Waals surface area contributed by atoms with Crippen molar-refractivity contribution in [3.05, 3.63) is 0 Å². The van der Waals surface area contributed by atoms with Gasteiger partial charge in [0.1, 0.15) is 0 Å². The summed E-state index contributed by atoms with van der Waals surface area (Å²) in [6, 6.07) is 0. The Labute approximate surface area is 227 Å². The number of hydrogen-bond acceptors (Lipinski definition) is 6. The Morgan fingerprint density at radius 2 is 0.743 bits per heavy atom. The molecule has 0 aromatic rings. The van der Waals surface area contributed by atoms with E-state index in [2.05, 4.69) is 42.2 Å². The van der Waals surface area contributed by atoms with Crippen molar-refractivity contribution in [3.63, 3.8) is 0 Å². The van der Waals surface area contributed by atoms with Crippen LogP contribution in [0, 0.1) is 23.2 Å². The molecule has 3 atom stereocenters. The fraction of sp³-hybridized carbons (Fsp3) is 1.00. The summed E-state index contributed by atoms with van der Waals surface area (Å²) in [6.45, 7) is 5.76. The molecule has 6 heteroatoms. The average Bonchev–Trinajstić information content (AvgIpc) is 3.76. The van der Waals surface area contributed by atoms with Gasteiger partial charge >= 0.3 is 0 Å². The molecule has 0 bridgehead atoms. The quantitative estimate of drug-likeness (QED) is 0.246. The zero-order chi connectivity index (χ0) is 23.7. The van der Waals surface area contributed by atoms with Gasteiger partial charge in [-0.3, -0.25) is 0 Å². The molecule has 6 fully saturated rings. The molecule has 3 heterocycles. The maximum absolute atomic E-state index is 6.33. The summed E-state index contributed by atoms with van der Waals surface area (Å²) in [5.41, 5.74) is 0.492. The van der Waals surface area contributed by atoms with Crippen molar-refractivity contribution < 1.29 is 14.2 Å². The summed E-state index contributed by atoms with van der Waals surface area (Å²) in [5, 5.41) is 2.43. The first-order chi connectivity index (χ1) is 17.2. The summed E-state index contributed by atoms with van der Waals surface area (Å²) in [7, 11) is 0. The van der Waals surface area contributed by atoms with Gasteiger partial charge < -0.3 is 14.2 Å². The van der Waals surface area contributed by atoms with Crippen LogP contribution in [-0.2, 0) is 14.2 Å². The largest absolute Gasteiger partial charge is 0.377 e. The first kappa shape index (κ1) is 26.2. The molecule has 3 nitrogen and oxygen atoms in total. The van der Waals surface area contributed by atoms with E-state index in [0.717, 1.165) is 53.3 Å². The molecule has 6 rings (SSSR count). The molecule has 3 aliphatic heterocycles. The van der Waals surface area contributed by atoms with Gasteiger partial charge in [0, 0.05) is 33.0 Å². The standard InChI is InChI=1S/C29H48O3S3/c1-29(20-2-8-23(9-3-20)30-14-26-17-33-26,21-4-10-24(11-5-21)31-15-27-18-34-27)22-6-12-25(13-7-22)32-16-28-19-35-28/h20-28H,2-19H2,1H3. The summed E-state index contributed by atoms with van der Waals surface area (Å²) < 4.78 is 19.0. The van der Waals surface area contributed by atoms with Gasteiger partial charge in [-0.25, -0.2) is 0 Å². The van der Waals surface area contributed by atoms with E-state index in [0.29, 0.717) is 23.7 Å². The Kier molecular flexibility index (Phi) is 8.96. The normalized spacial score (nSPS) is 45.0. The molecule has 200 valence electrons. The van der Waals surface area contributed by atoms with Gasteiger partial charge in [-0.1, -0.05) is 6.92 Å². The van der Waals surface area contributed by atoms with Crippen molar-refractivity contribution in [2.24, 2.45) is 23.2 Å². The maximum atomic E-state index is 6.33. The lowest BCUT2D eigenvalue weighted by Crippen LogP contribution is -2.47. The molecule has 3 aliphatic carbocycles. The third-order valence-corrected chi connectivity index (χ3v) is 13.2. The molecule has 3 saturated heterocycles. The van der Waals surface area contributed by atoms with E-state index in [4.69, 9.17) is 14.2 Å². The van der Waals surface area contributed by atoms with Crippen molar-refractivity contribution >= 4 is 35.3 Å². The summed E-state index contributed by atoms with van der Waals surface area (Å²) in [4.78, 5) is 0. The number of rotatable bonds is 12. The van der Waals surface area contributed by atoms with Crippen LogP contribution in [0.1, 0.15) is 84.0 Å². The van der Waals surface area contributed by atoms with Gasteiger partial charge in [-0.2, -0.15) is 35.3 Å².